The predicted molar refractivity (Wildman–Crippen MR) is 137 cm³/mol. The van der Waals surface area contributed by atoms with E-state index in [1.54, 1.807) is 18.7 Å². The van der Waals surface area contributed by atoms with Gasteiger partial charge in [0.25, 0.3) is 11.8 Å². The third-order valence-electron chi connectivity index (χ3n) is 9.28. The maximum atomic E-state index is 13.3. The molecular weight excluding hydrogens is 456 g/mol. The van der Waals surface area contributed by atoms with Gasteiger partial charge in [-0.2, -0.15) is 0 Å². The highest BCUT2D eigenvalue weighted by Crippen LogP contribution is 2.56. The fourth-order valence-electron chi connectivity index (χ4n) is 7.77. The summed E-state index contributed by atoms with van der Waals surface area (Å²) in [4.78, 5) is 29.2. The summed E-state index contributed by atoms with van der Waals surface area (Å²) in [6, 6.07) is 7.71. The van der Waals surface area contributed by atoms with Gasteiger partial charge < -0.3 is 24.7 Å². The van der Waals surface area contributed by atoms with Crippen LogP contribution in [0.5, 0.6) is 5.75 Å². The Hall–Kier alpha value is -2.12. The smallest absolute Gasteiger partial charge is 0.253 e. The predicted octanol–water partition coefficient (Wildman–Crippen LogP) is 3.48. The number of carbonyl (C=O) groups excluding carboxylic acids is 2. The average Bonchev–Trinajstić information content (AvgIpc) is 2.82. The van der Waals surface area contributed by atoms with Gasteiger partial charge in [0, 0.05) is 31.7 Å². The summed E-state index contributed by atoms with van der Waals surface area (Å²) in [6.07, 6.45) is 7.68. The number of ether oxygens (including phenoxy) is 1. The van der Waals surface area contributed by atoms with Crippen LogP contribution in [0, 0.1) is 23.7 Å². The summed E-state index contributed by atoms with van der Waals surface area (Å²) >= 11 is 0. The van der Waals surface area contributed by atoms with Crippen LogP contribution in [-0.2, 0) is 4.79 Å². The van der Waals surface area contributed by atoms with Crippen molar-refractivity contribution in [1.82, 2.24) is 9.80 Å². The Balaban J connectivity index is 1.08. The van der Waals surface area contributed by atoms with Crippen LogP contribution >= 0.6 is 0 Å². The third kappa shape index (κ3) is 5.14. The fourth-order valence-corrected chi connectivity index (χ4v) is 7.77. The fraction of sp³-hybridized carbons (Fsp3) is 0.724. The number of amides is 2. The quantitative estimate of drug-likeness (QED) is 0.601. The first-order chi connectivity index (χ1) is 17.0. The molecule has 0 aromatic heterocycles. The van der Waals surface area contributed by atoms with Crippen molar-refractivity contribution >= 4 is 11.8 Å². The van der Waals surface area contributed by atoms with Crippen LogP contribution in [-0.4, -0.2) is 75.8 Å². The first kappa shape index (κ1) is 25.5. The molecule has 4 bridgehead atoms. The summed E-state index contributed by atoms with van der Waals surface area (Å²) in [6.45, 7) is 5.05. The number of hydrogen-bond acceptors (Lipinski definition) is 5. The highest BCUT2D eigenvalue weighted by molar-refractivity contribution is 5.94. The molecule has 4 aliphatic carbocycles. The van der Waals surface area contributed by atoms with Gasteiger partial charge in [-0.15, -0.1) is 0 Å². The molecule has 2 unspecified atom stereocenters. The molecule has 4 saturated carbocycles. The van der Waals surface area contributed by atoms with E-state index in [9.17, 15) is 19.8 Å². The highest BCUT2D eigenvalue weighted by Gasteiger charge is 2.56. The lowest BCUT2D eigenvalue weighted by atomic mass is 9.52. The number of piperidine rings is 1. The first-order valence-corrected chi connectivity index (χ1v) is 13.8. The molecule has 36 heavy (non-hydrogen) atoms. The van der Waals surface area contributed by atoms with Crippen molar-refractivity contribution in [3.63, 3.8) is 0 Å². The van der Waals surface area contributed by atoms with Crippen LogP contribution < -0.4 is 4.74 Å². The van der Waals surface area contributed by atoms with E-state index < -0.39 is 11.2 Å². The van der Waals surface area contributed by atoms with Gasteiger partial charge in [-0.25, -0.2) is 0 Å². The molecule has 198 valence electrons. The van der Waals surface area contributed by atoms with Crippen molar-refractivity contribution in [2.75, 3.05) is 26.7 Å². The third-order valence-corrected chi connectivity index (χ3v) is 9.28. The van der Waals surface area contributed by atoms with E-state index >= 15 is 0 Å². The zero-order chi connectivity index (χ0) is 25.7. The Bertz CT molecular complexity index is 947. The molecule has 0 radical (unpaired) electrons. The average molecular weight is 499 g/mol. The zero-order valence-electron chi connectivity index (χ0n) is 22.0. The van der Waals surface area contributed by atoms with E-state index in [0.29, 0.717) is 48.9 Å². The van der Waals surface area contributed by atoms with Gasteiger partial charge in [0.05, 0.1) is 12.2 Å². The molecule has 2 atom stereocenters. The number of nitrogens with zero attached hydrogens (tertiary/aromatic N) is 2. The largest absolute Gasteiger partial charge is 0.494 e. The Morgan fingerprint density at radius 1 is 1.08 bits per heavy atom. The summed E-state index contributed by atoms with van der Waals surface area (Å²) in [5.41, 5.74) is -1.11. The zero-order valence-corrected chi connectivity index (χ0v) is 22.0. The molecular formula is C29H42N2O5. The van der Waals surface area contributed by atoms with Crippen molar-refractivity contribution < 1.29 is 24.5 Å². The molecule has 5 aliphatic rings. The topological polar surface area (TPSA) is 90.3 Å². The highest BCUT2D eigenvalue weighted by atomic mass is 16.5. The van der Waals surface area contributed by atoms with Crippen LogP contribution in [0.1, 0.15) is 75.6 Å². The summed E-state index contributed by atoms with van der Waals surface area (Å²) in [7, 11) is 1.93. The minimum Gasteiger partial charge on any atom is -0.494 e. The SMILES string of the molecule is CN(C(=O)c1ccc(OCCC2CCN(C(=O)C(C)(C)O)CC2)cc1)C1C2CC3CC1CC(O)(C3)C2. The van der Waals surface area contributed by atoms with E-state index in [1.807, 2.05) is 36.2 Å². The van der Waals surface area contributed by atoms with Crippen LogP contribution in [0.4, 0.5) is 0 Å². The van der Waals surface area contributed by atoms with E-state index in [4.69, 9.17) is 4.74 Å². The molecule has 7 nitrogen and oxygen atoms in total. The number of hydrogen-bond donors (Lipinski definition) is 2. The maximum Gasteiger partial charge on any atom is 0.253 e. The molecule has 2 N–H and O–H groups in total. The molecule has 7 heteroatoms. The standard InChI is InChI=1S/C29H42N2O5/c1-28(2,34)27(33)31-11-8-19(9-12-31)10-13-36-24-6-4-21(5-7-24)26(32)30(3)25-22-14-20-15-23(25)18-29(35,16-20)17-22/h4-7,19-20,22-23,25,34-35H,8-18H2,1-3H3. The molecule has 0 spiro atoms. The molecule has 1 aliphatic heterocycles. The van der Waals surface area contributed by atoms with Gasteiger partial charge in [0.1, 0.15) is 11.4 Å². The van der Waals surface area contributed by atoms with E-state index in [2.05, 4.69) is 0 Å². The number of benzene rings is 1. The lowest BCUT2D eigenvalue weighted by molar-refractivity contribution is -0.152. The monoisotopic (exact) mass is 498 g/mol. The number of carbonyl (C=O) groups is 2. The molecule has 1 heterocycles. The lowest BCUT2D eigenvalue weighted by Gasteiger charge is -2.59. The molecule has 1 aromatic carbocycles. The Morgan fingerprint density at radius 2 is 1.69 bits per heavy atom. The Morgan fingerprint density at radius 3 is 2.25 bits per heavy atom. The van der Waals surface area contributed by atoms with Crippen molar-refractivity contribution in [2.24, 2.45) is 23.7 Å². The number of likely N-dealkylation sites (tertiary alicyclic amines) is 1. The summed E-state index contributed by atoms with van der Waals surface area (Å²) < 4.78 is 5.96. The van der Waals surface area contributed by atoms with Gasteiger partial charge in [0.15, 0.2) is 0 Å². The van der Waals surface area contributed by atoms with E-state index in [-0.39, 0.29) is 17.9 Å². The maximum absolute atomic E-state index is 13.3. The Kier molecular flexibility index (Phi) is 6.83. The first-order valence-electron chi connectivity index (χ1n) is 13.8. The number of rotatable bonds is 7. The van der Waals surface area contributed by atoms with Crippen molar-refractivity contribution in [3.05, 3.63) is 29.8 Å². The normalized spacial score (nSPS) is 32.0. The second kappa shape index (κ2) is 9.64. The van der Waals surface area contributed by atoms with Crippen molar-refractivity contribution in [2.45, 2.75) is 82.5 Å². The number of aliphatic hydroxyl groups is 2. The second-order valence-electron chi connectivity index (χ2n) is 12.6. The second-order valence-corrected chi connectivity index (χ2v) is 12.6. The molecule has 5 fully saturated rings. The van der Waals surface area contributed by atoms with Crippen molar-refractivity contribution in [3.8, 4) is 5.75 Å². The molecule has 1 aromatic rings. The van der Waals surface area contributed by atoms with Crippen LogP contribution in [0.15, 0.2) is 24.3 Å². The van der Waals surface area contributed by atoms with Crippen molar-refractivity contribution in [1.29, 1.82) is 0 Å². The van der Waals surface area contributed by atoms with Gasteiger partial charge in [-0.3, -0.25) is 9.59 Å². The molecule has 1 saturated heterocycles. The minimum atomic E-state index is -1.31. The van der Waals surface area contributed by atoms with E-state index in [0.717, 1.165) is 57.1 Å². The lowest BCUT2D eigenvalue weighted by Crippen LogP contribution is -2.61. The molecule has 6 rings (SSSR count). The Labute approximate surface area is 214 Å². The van der Waals surface area contributed by atoms with Gasteiger partial charge in [-0.05, 0) is 113 Å². The summed E-state index contributed by atoms with van der Waals surface area (Å²) in [5, 5.41) is 20.8. The summed E-state index contributed by atoms with van der Waals surface area (Å²) in [5.74, 6) is 2.59. The van der Waals surface area contributed by atoms with Crippen LogP contribution in [0.2, 0.25) is 0 Å². The molecule has 2 amide bonds. The van der Waals surface area contributed by atoms with Gasteiger partial charge in [-0.1, -0.05) is 0 Å². The van der Waals surface area contributed by atoms with E-state index in [1.165, 1.54) is 0 Å². The minimum absolute atomic E-state index is 0.0541. The van der Waals surface area contributed by atoms with Gasteiger partial charge in [0.2, 0.25) is 0 Å². The van der Waals surface area contributed by atoms with Gasteiger partial charge >= 0.3 is 0 Å². The van der Waals surface area contributed by atoms with Crippen LogP contribution in [0.3, 0.4) is 0 Å². The van der Waals surface area contributed by atoms with Crippen LogP contribution in [0.25, 0.3) is 0 Å².